The number of unbranched alkanes of at least 4 members (excludes halogenated alkanes) is 7. The Morgan fingerprint density at radius 2 is 1.69 bits per heavy atom. The average molecular weight is 443 g/mol. The number of ketones is 1. The number of fused-ring (bicyclic) bond motifs is 5. The molecule has 4 aliphatic rings. The van der Waals surface area contributed by atoms with E-state index in [2.05, 4.69) is 13.8 Å². The van der Waals surface area contributed by atoms with Crippen molar-refractivity contribution in [3.63, 3.8) is 0 Å². The maximum atomic E-state index is 12.6. The van der Waals surface area contributed by atoms with E-state index >= 15 is 0 Å². The number of rotatable bonds is 10. The Bertz CT molecular complexity index is 695. The predicted octanol–water partition coefficient (Wildman–Crippen LogP) is 7.57. The number of hydrogen-bond donors (Lipinski definition) is 0. The normalized spacial score (nSPS) is 36.1. The first-order chi connectivity index (χ1) is 15.5. The summed E-state index contributed by atoms with van der Waals surface area (Å²) in [7, 11) is 0. The van der Waals surface area contributed by atoms with Gasteiger partial charge in [-0.15, -0.1) is 0 Å². The van der Waals surface area contributed by atoms with E-state index in [9.17, 15) is 9.59 Å². The molecule has 0 N–H and O–H groups in total. The summed E-state index contributed by atoms with van der Waals surface area (Å²) in [5, 5.41) is 0. The lowest BCUT2D eigenvalue weighted by molar-refractivity contribution is -0.159. The third-order valence-electron chi connectivity index (χ3n) is 9.72. The summed E-state index contributed by atoms with van der Waals surface area (Å²) in [6.07, 6.45) is 21.7. The molecule has 0 spiro atoms. The van der Waals surface area contributed by atoms with E-state index in [1.807, 2.05) is 6.08 Å². The fourth-order valence-corrected chi connectivity index (χ4v) is 7.95. The van der Waals surface area contributed by atoms with Crippen LogP contribution in [0.1, 0.15) is 123 Å². The number of ether oxygens (including phenoxy) is 1. The molecule has 4 rings (SSSR count). The molecule has 3 fully saturated rings. The van der Waals surface area contributed by atoms with E-state index in [1.165, 1.54) is 69.8 Å². The molecule has 0 amide bonds. The van der Waals surface area contributed by atoms with Crippen molar-refractivity contribution in [1.29, 1.82) is 0 Å². The minimum absolute atomic E-state index is 0.0460. The molecule has 0 heterocycles. The topological polar surface area (TPSA) is 43.4 Å². The molecular formula is C29H46O3. The molecule has 32 heavy (non-hydrogen) atoms. The van der Waals surface area contributed by atoms with Crippen LogP contribution in [0.15, 0.2) is 11.6 Å². The number of carbonyl (C=O) groups excluding carboxylic acids is 2. The zero-order valence-electron chi connectivity index (χ0n) is 20.7. The van der Waals surface area contributed by atoms with Crippen molar-refractivity contribution in [2.75, 3.05) is 0 Å². The Labute approximate surface area is 196 Å². The molecule has 3 saturated carbocycles. The van der Waals surface area contributed by atoms with E-state index in [4.69, 9.17) is 4.74 Å². The third-order valence-corrected chi connectivity index (χ3v) is 9.72. The first kappa shape index (κ1) is 24.0. The van der Waals surface area contributed by atoms with Gasteiger partial charge in [0.1, 0.15) is 6.10 Å². The van der Waals surface area contributed by atoms with Gasteiger partial charge in [0.25, 0.3) is 0 Å². The Hall–Kier alpha value is -1.12. The maximum absolute atomic E-state index is 12.6. The highest BCUT2D eigenvalue weighted by atomic mass is 16.5. The van der Waals surface area contributed by atoms with Gasteiger partial charge in [0.05, 0.1) is 0 Å². The molecule has 3 nitrogen and oxygen atoms in total. The number of esters is 1. The van der Waals surface area contributed by atoms with Gasteiger partial charge in [-0.05, 0) is 81.1 Å². The summed E-state index contributed by atoms with van der Waals surface area (Å²) in [5.41, 5.74) is 1.62. The van der Waals surface area contributed by atoms with Crippen LogP contribution in [-0.4, -0.2) is 17.9 Å². The predicted molar refractivity (Wildman–Crippen MR) is 129 cm³/mol. The van der Waals surface area contributed by atoms with Crippen LogP contribution in [0.4, 0.5) is 0 Å². The van der Waals surface area contributed by atoms with Gasteiger partial charge in [0, 0.05) is 18.3 Å². The second-order valence-electron chi connectivity index (χ2n) is 11.6. The Morgan fingerprint density at radius 1 is 0.938 bits per heavy atom. The molecule has 0 radical (unpaired) electrons. The van der Waals surface area contributed by atoms with Crippen LogP contribution in [0.25, 0.3) is 0 Å². The molecule has 0 aromatic carbocycles. The van der Waals surface area contributed by atoms with Crippen LogP contribution >= 0.6 is 0 Å². The van der Waals surface area contributed by atoms with Crippen LogP contribution in [0.3, 0.4) is 0 Å². The minimum atomic E-state index is 0.0460. The molecule has 0 saturated heterocycles. The van der Waals surface area contributed by atoms with Gasteiger partial charge < -0.3 is 4.74 Å². The molecule has 0 unspecified atom stereocenters. The summed E-state index contributed by atoms with van der Waals surface area (Å²) < 4.78 is 6.15. The highest BCUT2D eigenvalue weighted by Gasteiger charge is 2.57. The van der Waals surface area contributed by atoms with Crippen molar-refractivity contribution in [2.45, 2.75) is 129 Å². The van der Waals surface area contributed by atoms with Crippen molar-refractivity contribution in [3.05, 3.63) is 11.6 Å². The van der Waals surface area contributed by atoms with Crippen LogP contribution in [0.2, 0.25) is 0 Å². The zero-order valence-corrected chi connectivity index (χ0v) is 20.7. The largest absolute Gasteiger partial charge is 0.462 e. The second kappa shape index (κ2) is 10.9. The van der Waals surface area contributed by atoms with Crippen molar-refractivity contribution in [3.8, 4) is 0 Å². The van der Waals surface area contributed by atoms with Crippen LogP contribution in [0, 0.1) is 29.1 Å². The van der Waals surface area contributed by atoms with Crippen LogP contribution in [0.5, 0.6) is 0 Å². The van der Waals surface area contributed by atoms with E-state index in [0.29, 0.717) is 24.0 Å². The molecule has 4 aliphatic carbocycles. The Morgan fingerprint density at radius 3 is 2.47 bits per heavy atom. The summed E-state index contributed by atoms with van der Waals surface area (Å²) in [5.74, 6) is 3.26. The van der Waals surface area contributed by atoms with Gasteiger partial charge in [-0.2, -0.15) is 0 Å². The maximum Gasteiger partial charge on any atom is 0.306 e. The van der Waals surface area contributed by atoms with Crippen molar-refractivity contribution in [2.24, 2.45) is 29.1 Å². The molecule has 3 heteroatoms. The van der Waals surface area contributed by atoms with Crippen molar-refractivity contribution >= 4 is 11.8 Å². The molecular weight excluding hydrogens is 396 g/mol. The first-order valence-electron chi connectivity index (χ1n) is 14.0. The monoisotopic (exact) mass is 442 g/mol. The summed E-state index contributed by atoms with van der Waals surface area (Å²) in [6, 6.07) is 0. The molecule has 0 bridgehead atoms. The first-order valence-corrected chi connectivity index (χ1v) is 14.0. The van der Waals surface area contributed by atoms with E-state index in [-0.39, 0.29) is 17.5 Å². The fraction of sp³-hybridized carbons (Fsp3) is 0.862. The highest BCUT2D eigenvalue weighted by Crippen LogP contribution is 2.62. The number of carbonyl (C=O) groups is 2. The minimum Gasteiger partial charge on any atom is -0.462 e. The van der Waals surface area contributed by atoms with Gasteiger partial charge in [0.2, 0.25) is 0 Å². The third kappa shape index (κ3) is 5.17. The Kier molecular flexibility index (Phi) is 8.16. The average Bonchev–Trinajstić information content (AvgIpc) is 3.11. The lowest BCUT2D eigenvalue weighted by atomic mass is 9.52. The van der Waals surface area contributed by atoms with E-state index in [1.54, 1.807) is 0 Å². The van der Waals surface area contributed by atoms with Crippen LogP contribution < -0.4 is 0 Å². The smallest absolute Gasteiger partial charge is 0.306 e. The number of allylic oxidation sites excluding steroid dienone is 1. The fourth-order valence-electron chi connectivity index (χ4n) is 7.95. The molecule has 0 aromatic heterocycles. The zero-order chi connectivity index (χ0) is 22.6. The van der Waals surface area contributed by atoms with Gasteiger partial charge in [0.15, 0.2) is 5.78 Å². The highest BCUT2D eigenvalue weighted by molar-refractivity contribution is 5.91. The van der Waals surface area contributed by atoms with Crippen molar-refractivity contribution < 1.29 is 14.3 Å². The van der Waals surface area contributed by atoms with Gasteiger partial charge in [-0.25, -0.2) is 0 Å². The Balaban J connectivity index is 1.24. The summed E-state index contributed by atoms with van der Waals surface area (Å²) in [6.45, 7) is 4.68. The van der Waals surface area contributed by atoms with Gasteiger partial charge in [-0.1, -0.05) is 64.4 Å². The molecule has 180 valence electrons. The molecule has 0 aliphatic heterocycles. The second-order valence-corrected chi connectivity index (χ2v) is 11.6. The van der Waals surface area contributed by atoms with E-state index < -0.39 is 0 Å². The lowest BCUT2D eigenvalue weighted by Gasteiger charge is -2.53. The van der Waals surface area contributed by atoms with Crippen LogP contribution in [-0.2, 0) is 14.3 Å². The van der Waals surface area contributed by atoms with Crippen molar-refractivity contribution in [1.82, 2.24) is 0 Å². The SMILES string of the molecule is CCCCCCCCCCC(=O)O[C@@H]1CC[C@@H]2[C@H]3CCC4=CC(=O)CC[C@H]4[C@@H]3CC[C@]21C. The quantitative estimate of drug-likeness (QED) is 0.259. The lowest BCUT2D eigenvalue weighted by Crippen LogP contribution is -2.48. The van der Waals surface area contributed by atoms with Gasteiger partial charge >= 0.3 is 5.97 Å². The standard InChI is InChI=1S/C29H46O3/c1-3-4-5-6-7-8-9-10-11-28(31)32-27-17-16-26-25-14-12-21-20-22(30)13-15-23(21)24(25)18-19-29(26,27)2/h20,23-27H,3-19H2,1-2H3/t23-,24+,25+,26-,27-,29-/m1/s1. The van der Waals surface area contributed by atoms with E-state index in [0.717, 1.165) is 50.4 Å². The van der Waals surface area contributed by atoms with Gasteiger partial charge in [-0.3, -0.25) is 9.59 Å². The summed E-state index contributed by atoms with van der Waals surface area (Å²) in [4.78, 5) is 24.5. The number of hydrogen-bond acceptors (Lipinski definition) is 3. The molecule has 6 atom stereocenters. The molecule has 0 aromatic rings. The summed E-state index contributed by atoms with van der Waals surface area (Å²) >= 11 is 0.